The van der Waals surface area contributed by atoms with Crippen molar-refractivity contribution in [2.24, 2.45) is 7.05 Å². The second-order valence-electron chi connectivity index (χ2n) is 3.73. The summed E-state index contributed by atoms with van der Waals surface area (Å²) in [7, 11) is 1.84. The van der Waals surface area contributed by atoms with Crippen molar-refractivity contribution in [3.63, 3.8) is 0 Å². The van der Waals surface area contributed by atoms with Gasteiger partial charge >= 0.3 is 0 Å². The van der Waals surface area contributed by atoms with Crippen LogP contribution in [0.15, 0.2) is 24.5 Å². The Morgan fingerprint density at radius 3 is 2.94 bits per heavy atom. The minimum Gasteiger partial charge on any atom is -0.508 e. The summed E-state index contributed by atoms with van der Waals surface area (Å²) in [6.45, 7) is 0.878. The summed E-state index contributed by atoms with van der Waals surface area (Å²) in [4.78, 5) is 0. The summed E-state index contributed by atoms with van der Waals surface area (Å²) in [5, 5.41) is 20.2. The predicted molar refractivity (Wildman–Crippen MR) is 59.6 cm³/mol. The number of aromatic nitrogens is 3. The van der Waals surface area contributed by atoms with Gasteiger partial charge in [0.1, 0.15) is 23.7 Å². The fourth-order valence-corrected chi connectivity index (χ4v) is 1.47. The Balaban J connectivity index is 1.94. The number of hydrogen-bond donors (Lipinski definition) is 2. The van der Waals surface area contributed by atoms with Gasteiger partial charge in [0.15, 0.2) is 0 Å². The van der Waals surface area contributed by atoms with Crippen molar-refractivity contribution in [2.45, 2.75) is 13.1 Å². The molecule has 2 N–H and O–H groups in total. The van der Waals surface area contributed by atoms with Gasteiger partial charge in [0.2, 0.25) is 0 Å². The highest BCUT2D eigenvalue weighted by Crippen LogP contribution is 2.17. The van der Waals surface area contributed by atoms with E-state index in [0.29, 0.717) is 18.7 Å². The van der Waals surface area contributed by atoms with Crippen LogP contribution in [-0.4, -0.2) is 19.9 Å². The molecule has 1 heterocycles. The number of benzene rings is 1. The largest absolute Gasteiger partial charge is 0.508 e. The Hall–Kier alpha value is -1.95. The standard InChI is InChI=1S/C11H13FN4O/c1-16-7-14-15-11(16)6-13-5-8-4-9(12)2-3-10(8)17/h2-4,7,13,17H,5-6H2,1H3. The van der Waals surface area contributed by atoms with Crippen LogP contribution in [0.1, 0.15) is 11.4 Å². The molecule has 0 fully saturated rings. The second-order valence-corrected chi connectivity index (χ2v) is 3.73. The molecule has 0 saturated carbocycles. The van der Waals surface area contributed by atoms with Crippen molar-refractivity contribution >= 4 is 0 Å². The topological polar surface area (TPSA) is 63.0 Å². The molecule has 2 rings (SSSR count). The van der Waals surface area contributed by atoms with Crippen molar-refractivity contribution in [3.05, 3.63) is 41.7 Å². The van der Waals surface area contributed by atoms with Gasteiger partial charge in [-0.25, -0.2) is 4.39 Å². The first-order chi connectivity index (χ1) is 8.16. The van der Waals surface area contributed by atoms with Crippen LogP contribution in [0.2, 0.25) is 0 Å². The molecule has 1 aromatic carbocycles. The molecule has 0 aliphatic rings. The smallest absolute Gasteiger partial charge is 0.146 e. The number of phenols is 1. The van der Waals surface area contributed by atoms with Crippen LogP contribution in [-0.2, 0) is 20.1 Å². The molecule has 0 aliphatic heterocycles. The van der Waals surface area contributed by atoms with E-state index in [2.05, 4.69) is 15.5 Å². The minimum atomic E-state index is -0.363. The van der Waals surface area contributed by atoms with E-state index in [1.165, 1.54) is 18.2 Å². The lowest BCUT2D eigenvalue weighted by atomic mass is 10.2. The highest BCUT2D eigenvalue weighted by Gasteiger charge is 2.04. The SMILES string of the molecule is Cn1cnnc1CNCc1cc(F)ccc1O. The Labute approximate surface area is 97.9 Å². The van der Waals surface area contributed by atoms with Crippen molar-refractivity contribution < 1.29 is 9.50 Å². The third-order valence-corrected chi connectivity index (χ3v) is 2.45. The van der Waals surface area contributed by atoms with Gasteiger partial charge in [-0.1, -0.05) is 0 Å². The minimum absolute atomic E-state index is 0.0804. The molecule has 5 nitrogen and oxygen atoms in total. The van der Waals surface area contributed by atoms with Crippen LogP contribution < -0.4 is 5.32 Å². The molecule has 0 bridgehead atoms. The summed E-state index contributed by atoms with van der Waals surface area (Å²) in [6, 6.07) is 3.87. The van der Waals surface area contributed by atoms with Gasteiger partial charge in [0, 0.05) is 19.2 Å². The van der Waals surface area contributed by atoms with Crippen molar-refractivity contribution in [1.29, 1.82) is 0 Å². The summed E-state index contributed by atoms with van der Waals surface area (Å²) in [5.41, 5.74) is 0.521. The molecule has 0 aliphatic carbocycles. The summed E-state index contributed by atoms with van der Waals surface area (Å²) in [5.74, 6) is 0.496. The second kappa shape index (κ2) is 4.92. The average Bonchev–Trinajstić information content (AvgIpc) is 2.70. The van der Waals surface area contributed by atoms with Crippen LogP contribution in [0.25, 0.3) is 0 Å². The Kier molecular flexibility index (Phi) is 3.34. The molecule has 0 amide bonds. The molecular weight excluding hydrogens is 223 g/mol. The van der Waals surface area contributed by atoms with E-state index < -0.39 is 0 Å². The molecule has 0 atom stereocenters. The Bertz CT molecular complexity index is 512. The maximum Gasteiger partial charge on any atom is 0.146 e. The first-order valence-corrected chi connectivity index (χ1v) is 5.18. The molecule has 2 aromatic rings. The van der Waals surface area contributed by atoms with E-state index in [-0.39, 0.29) is 11.6 Å². The average molecular weight is 236 g/mol. The van der Waals surface area contributed by atoms with E-state index in [9.17, 15) is 9.50 Å². The van der Waals surface area contributed by atoms with Crippen LogP contribution in [0, 0.1) is 5.82 Å². The first-order valence-electron chi connectivity index (χ1n) is 5.18. The fraction of sp³-hybridized carbons (Fsp3) is 0.273. The van der Waals surface area contributed by atoms with Gasteiger partial charge in [0.05, 0.1) is 6.54 Å². The third-order valence-electron chi connectivity index (χ3n) is 2.45. The van der Waals surface area contributed by atoms with Crippen LogP contribution in [0.5, 0.6) is 5.75 Å². The monoisotopic (exact) mass is 236 g/mol. The number of nitrogens with one attached hydrogen (secondary N) is 1. The van der Waals surface area contributed by atoms with E-state index >= 15 is 0 Å². The van der Waals surface area contributed by atoms with E-state index in [1.807, 2.05) is 7.05 Å². The van der Waals surface area contributed by atoms with Crippen molar-refractivity contribution in [2.75, 3.05) is 0 Å². The lowest BCUT2D eigenvalue weighted by Gasteiger charge is -2.06. The molecule has 90 valence electrons. The zero-order valence-electron chi connectivity index (χ0n) is 9.39. The number of halogens is 1. The number of rotatable bonds is 4. The first kappa shape index (κ1) is 11.5. The summed E-state index contributed by atoms with van der Waals surface area (Å²) in [6.07, 6.45) is 1.61. The highest BCUT2D eigenvalue weighted by molar-refractivity contribution is 5.32. The van der Waals surface area contributed by atoms with Crippen molar-refractivity contribution in [1.82, 2.24) is 20.1 Å². The number of aromatic hydroxyl groups is 1. The van der Waals surface area contributed by atoms with Gasteiger partial charge < -0.3 is 15.0 Å². The normalized spacial score (nSPS) is 10.7. The van der Waals surface area contributed by atoms with Gasteiger partial charge in [0.25, 0.3) is 0 Å². The molecule has 0 unspecified atom stereocenters. The summed E-state index contributed by atoms with van der Waals surface area (Å²) >= 11 is 0. The van der Waals surface area contributed by atoms with Crippen LogP contribution in [0.3, 0.4) is 0 Å². The van der Waals surface area contributed by atoms with E-state index in [0.717, 1.165) is 5.82 Å². The lowest BCUT2D eigenvalue weighted by molar-refractivity contribution is 0.460. The maximum atomic E-state index is 12.9. The third kappa shape index (κ3) is 2.79. The zero-order chi connectivity index (χ0) is 12.3. The zero-order valence-corrected chi connectivity index (χ0v) is 9.39. The molecule has 6 heteroatoms. The maximum absolute atomic E-state index is 12.9. The number of nitrogens with zero attached hydrogens (tertiary/aromatic N) is 3. The van der Waals surface area contributed by atoms with Gasteiger partial charge in [-0.3, -0.25) is 0 Å². The Morgan fingerprint density at radius 2 is 2.24 bits per heavy atom. The van der Waals surface area contributed by atoms with Gasteiger partial charge in [-0.2, -0.15) is 0 Å². The van der Waals surface area contributed by atoms with Gasteiger partial charge in [-0.05, 0) is 18.2 Å². The molecule has 0 radical (unpaired) electrons. The van der Waals surface area contributed by atoms with E-state index in [4.69, 9.17) is 0 Å². The number of hydrogen-bond acceptors (Lipinski definition) is 4. The molecule has 0 spiro atoms. The van der Waals surface area contributed by atoms with Crippen LogP contribution >= 0.6 is 0 Å². The highest BCUT2D eigenvalue weighted by atomic mass is 19.1. The molecular formula is C11H13FN4O. The Morgan fingerprint density at radius 1 is 1.41 bits per heavy atom. The van der Waals surface area contributed by atoms with E-state index in [1.54, 1.807) is 10.9 Å². The quantitative estimate of drug-likeness (QED) is 0.829. The summed E-state index contributed by atoms with van der Waals surface area (Å²) < 4.78 is 14.7. The van der Waals surface area contributed by atoms with Gasteiger partial charge in [-0.15, -0.1) is 10.2 Å². The number of aryl methyl sites for hydroxylation is 1. The fourth-order valence-electron chi connectivity index (χ4n) is 1.47. The number of phenolic OH excluding ortho intramolecular Hbond substituents is 1. The van der Waals surface area contributed by atoms with Crippen LogP contribution in [0.4, 0.5) is 4.39 Å². The molecule has 17 heavy (non-hydrogen) atoms. The van der Waals surface area contributed by atoms with Crippen molar-refractivity contribution in [3.8, 4) is 5.75 Å². The lowest BCUT2D eigenvalue weighted by Crippen LogP contribution is -2.15. The molecule has 1 aromatic heterocycles. The predicted octanol–water partition coefficient (Wildman–Crippen LogP) is 0.950. The molecule has 0 saturated heterocycles.